The van der Waals surface area contributed by atoms with Crippen LogP contribution in [-0.4, -0.2) is 16.0 Å². The number of hydrogen-bond acceptors (Lipinski definition) is 3. The number of pyridine rings is 1. The van der Waals surface area contributed by atoms with Crippen LogP contribution < -0.4 is 11.1 Å². The minimum Gasteiger partial charge on any atom is -0.389 e. The molecule has 0 saturated carbocycles. The first-order chi connectivity index (χ1) is 8.02. The monoisotopic (exact) mass is 251 g/mol. The Bertz CT molecular complexity index is 390. The van der Waals surface area contributed by atoms with Gasteiger partial charge in [0.25, 0.3) is 0 Å². The molecule has 0 saturated heterocycles. The molecule has 0 aromatic carbocycles. The molecule has 1 rings (SSSR count). The Morgan fingerprint density at radius 1 is 1.53 bits per heavy atom. The predicted molar refractivity (Wildman–Crippen MR) is 77.5 cm³/mol. The maximum absolute atomic E-state index is 5.64. The average Bonchev–Trinajstić information content (AvgIpc) is 2.25. The third-order valence-electron chi connectivity index (χ3n) is 2.62. The van der Waals surface area contributed by atoms with E-state index in [9.17, 15) is 0 Å². The van der Waals surface area contributed by atoms with Crippen molar-refractivity contribution in [1.82, 2.24) is 4.98 Å². The predicted octanol–water partition coefficient (Wildman–Crippen LogP) is 3.01. The Morgan fingerprint density at radius 3 is 2.82 bits per heavy atom. The van der Waals surface area contributed by atoms with Gasteiger partial charge < -0.3 is 11.1 Å². The smallest absolute Gasteiger partial charge is 0.127 e. The molecule has 3 nitrogen and oxygen atoms in total. The van der Waals surface area contributed by atoms with Gasteiger partial charge in [0.15, 0.2) is 0 Å². The van der Waals surface area contributed by atoms with E-state index in [4.69, 9.17) is 18.0 Å². The van der Waals surface area contributed by atoms with Crippen LogP contribution in [0.4, 0.5) is 5.82 Å². The summed E-state index contributed by atoms with van der Waals surface area (Å²) in [6.45, 7) is 6.31. The molecule has 0 aliphatic rings. The molecule has 0 spiro atoms. The molecule has 17 heavy (non-hydrogen) atoms. The molecular formula is C13H21N3S. The molecule has 1 atom stereocenters. The Hall–Kier alpha value is -1.16. The number of aryl methyl sites for hydroxylation is 1. The number of unbranched alkanes of at least 4 members (excludes halogenated alkanes) is 1. The fourth-order valence-electron chi connectivity index (χ4n) is 1.72. The van der Waals surface area contributed by atoms with Crippen molar-refractivity contribution >= 4 is 23.0 Å². The van der Waals surface area contributed by atoms with E-state index >= 15 is 0 Å². The number of anilines is 1. The first-order valence-corrected chi connectivity index (χ1v) is 6.48. The highest BCUT2D eigenvalue weighted by molar-refractivity contribution is 7.80. The van der Waals surface area contributed by atoms with Crippen LogP contribution in [0.1, 0.15) is 44.4 Å². The van der Waals surface area contributed by atoms with Crippen LogP contribution in [-0.2, 0) is 0 Å². The third kappa shape index (κ3) is 4.69. The second kappa shape index (κ2) is 6.55. The van der Waals surface area contributed by atoms with Crippen molar-refractivity contribution in [2.45, 2.75) is 46.1 Å². The zero-order valence-electron chi connectivity index (χ0n) is 10.8. The number of hydrogen-bond donors (Lipinski definition) is 2. The van der Waals surface area contributed by atoms with Crippen molar-refractivity contribution < 1.29 is 0 Å². The topological polar surface area (TPSA) is 50.9 Å². The Kier molecular flexibility index (Phi) is 5.35. The van der Waals surface area contributed by atoms with Crippen molar-refractivity contribution in [2.75, 3.05) is 5.32 Å². The van der Waals surface area contributed by atoms with Gasteiger partial charge in [0, 0.05) is 17.3 Å². The first-order valence-electron chi connectivity index (χ1n) is 6.08. The number of rotatable bonds is 6. The van der Waals surface area contributed by atoms with Gasteiger partial charge in [0.2, 0.25) is 0 Å². The van der Waals surface area contributed by atoms with Crippen LogP contribution in [0.25, 0.3) is 0 Å². The molecule has 0 aliphatic heterocycles. The molecule has 94 valence electrons. The summed E-state index contributed by atoms with van der Waals surface area (Å²) in [6, 6.07) is 4.24. The van der Waals surface area contributed by atoms with E-state index in [-0.39, 0.29) is 0 Å². The van der Waals surface area contributed by atoms with Gasteiger partial charge in [-0.15, -0.1) is 0 Å². The maximum atomic E-state index is 5.64. The fraction of sp³-hybridized carbons (Fsp3) is 0.538. The number of thiocarbonyl (C=S) groups is 1. The Morgan fingerprint density at radius 2 is 2.24 bits per heavy atom. The van der Waals surface area contributed by atoms with Crippen LogP contribution in [0.5, 0.6) is 0 Å². The van der Waals surface area contributed by atoms with Gasteiger partial charge in [-0.05, 0) is 32.4 Å². The van der Waals surface area contributed by atoms with E-state index in [1.54, 1.807) is 0 Å². The Balaban J connectivity index is 2.73. The summed E-state index contributed by atoms with van der Waals surface area (Å²) in [5.41, 5.74) is 7.44. The molecule has 0 radical (unpaired) electrons. The van der Waals surface area contributed by atoms with Crippen LogP contribution >= 0.6 is 12.2 Å². The molecule has 0 aliphatic carbocycles. The third-order valence-corrected chi connectivity index (χ3v) is 2.86. The largest absolute Gasteiger partial charge is 0.389 e. The number of nitrogens with zero attached hydrogens (tertiary/aromatic N) is 1. The molecule has 0 amide bonds. The zero-order valence-corrected chi connectivity index (χ0v) is 11.6. The molecule has 0 bridgehead atoms. The highest BCUT2D eigenvalue weighted by atomic mass is 32.1. The van der Waals surface area contributed by atoms with E-state index < -0.39 is 0 Å². The van der Waals surface area contributed by atoms with Crippen molar-refractivity contribution in [3.05, 3.63) is 23.4 Å². The van der Waals surface area contributed by atoms with Crippen molar-refractivity contribution in [3.8, 4) is 0 Å². The standard InChI is InChI=1S/C13H21N3S/c1-4-5-6-9(2)15-12-8-11(13(14)17)7-10(3)16-12/h7-9H,4-6H2,1-3H3,(H2,14,17)(H,15,16). The highest BCUT2D eigenvalue weighted by Gasteiger charge is 2.05. The second-order valence-corrected chi connectivity index (χ2v) is 4.87. The number of nitrogens with one attached hydrogen (secondary N) is 1. The summed E-state index contributed by atoms with van der Waals surface area (Å²) in [7, 11) is 0. The molecular weight excluding hydrogens is 230 g/mol. The zero-order chi connectivity index (χ0) is 12.8. The maximum Gasteiger partial charge on any atom is 0.127 e. The number of aromatic nitrogens is 1. The van der Waals surface area contributed by atoms with Gasteiger partial charge in [-0.2, -0.15) is 0 Å². The number of nitrogens with two attached hydrogens (primary N) is 1. The van der Waals surface area contributed by atoms with Crippen molar-refractivity contribution in [3.63, 3.8) is 0 Å². The van der Waals surface area contributed by atoms with Gasteiger partial charge in [-0.25, -0.2) is 4.98 Å². The fourth-order valence-corrected chi connectivity index (χ4v) is 1.84. The van der Waals surface area contributed by atoms with E-state index in [1.807, 2.05) is 19.1 Å². The SMILES string of the molecule is CCCCC(C)Nc1cc(C(N)=S)cc(C)n1. The molecule has 1 aromatic rings. The van der Waals surface area contributed by atoms with Crippen molar-refractivity contribution in [1.29, 1.82) is 0 Å². The summed E-state index contributed by atoms with van der Waals surface area (Å²) in [4.78, 5) is 4.85. The highest BCUT2D eigenvalue weighted by Crippen LogP contribution is 2.13. The minimum absolute atomic E-state index is 0.416. The summed E-state index contributed by atoms with van der Waals surface area (Å²) in [6.07, 6.45) is 3.59. The molecule has 0 fully saturated rings. The Labute approximate surface area is 109 Å². The normalized spacial score (nSPS) is 12.2. The van der Waals surface area contributed by atoms with Gasteiger partial charge in [-0.1, -0.05) is 32.0 Å². The van der Waals surface area contributed by atoms with E-state index in [2.05, 4.69) is 24.1 Å². The minimum atomic E-state index is 0.416. The van der Waals surface area contributed by atoms with Gasteiger partial charge in [0.1, 0.15) is 10.8 Å². The summed E-state index contributed by atoms with van der Waals surface area (Å²) in [5, 5.41) is 3.39. The van der Waals surface area contributed by atoms with Gasteiger partial charge in [0.05, 0.1) is 0 Å². The van der Waals surface area contributed by atoms with Crippen LogP contribution in [0.3, 0.4) is 0 Å². The summed E-state index contributed by atoms with van der Waals surface area (Å²) >= 11 is 4.99. The lowest BCUT2D eigenvalue weighted by molar-refractivity contribution is 0.643. The van der Waals surface area contributed by atoms with E-state index in [0.717, 1.165) is 23.5 Å². The molecule has 3 N–H and O–H groups in total. The lowest BCUT2D eigenvalue weighted by Gasteiger charge is -2.15. The average molecular weight is 251 g/mol. The summed E-state index contributed by atoms with van der Waals surface area (Å²) in [5.74, 6) is 0.858. The summed E-state index contributed by atoms with van der Waals surface area (Å²) < 4.78 is 0. The van der Waals surface area contributed by atoms with E-state index in [0.29, 0.717) is 11.0 Å². The van der Waals surface area contributed by atoms with Crippen LogP contribution in [0.2, 0.25) is 0 Å². The van der Waals surface area contributed by atoms with Crippen LogP contribution in [0.15, 0.2) is 12.1 Å². The molecule has 4 heteroatoms. The molecule has 1 heterocycles. The first kappa shape index (κ1) is 13.9. The molecule has 1 unspecified atom stereocenters. The van der Waals surface area contributed by atoms with E-state index in [1.165, 1.54) is 12.8 Å². The quantitative estimate of drug-likeness (QED) is 0.763. The van der Waals surface area contributed by atoms with Crippen LogP contribution in [0, 0.1) is 6.92 Å². The lowest BCUT2D eigenvalue weighted by atomic mass is 10.1. The van der Waals surface area contributed by atoms with Gasteiger partial charge >= 0.3 is 0 Å². The lowest BCUT2D eigenvalue weighted by Crippen LogP contribution is -2.17. The van der Waals surface area contributed by atoms with Crippen molar-refractivity contribution in [2.24, 2.45) is 5.73 Å². The second-order valence-electron chi connectivity index (χ2n) is 4.43. The molecule has 1 aromatic heterocycles. The van der Waals surface area contributed by atoms with Gasteiger partial charge in [-0.3, -0.25) is 0 Å².